The molecule has 1 aromatic heterocycles. The van der Waals surface area contributed by atoms with Crippen LogP contribution in [0.15, 0.2) is 48.5 Å². The lowest BCUT2D eigenvalue weighted by atomic mass is 10.1. The van der Waals surface area contributed by atoms with E-state index in [1.165, 1.54) is 21.3 Å². The van der Waals surface area contributed by atoms with Gasteiger partial charge in [0.15, 0.2) is 17.3 Å². The van der Waals surface area contributed by atoms with Crippen LogP contribution < -0.4 is 19.1 Å². The van der Waals surface area contributed by atoms with Gasteiger partial charge in [0.05, 0.1) is 32.0 Å². The molecule has 0 aliphatic carbocycles. The number of carbonyl (C=O) groups excluding carboxylic acids is 1. The number of methoxy groups -OCH3 is 3. The summed E-state index contributed by atoms with van der Waals surface area (Å²) in [4.78, 5) is 17.0. The Labute approximate surface area is 197 Å². The van der Waals surface area contributed by atoms with Gasteiger partial charge in [-0.15, -0.1) is 10.2 Å². The third-order valence-corrected chi connectivity index (χ3v) is 5.93. The number of halogens is 1. The lowest BCUT2D eigenvalue weighted by molar-refractivity contribution is 0.0745. The average Bonchev–Trinajstić information content (AvgIpc) is 2.87. The molecule has 1 aliphatic rings. The molecule has 2 aromatic carbocycles. The SMILES string of the molecule is COc1cc(C(=O)N2CCN(c3ccc(-c4ccccc4Cl)nn3)CC2)cc(OC)c1OC. The van der Waals surface area contributed by atoms with E-state index in [1.54, 1.807) is 12.1 Å². The Morgan fingerprint density at radius 2 is 1.55 bits per heavy atom. The van der Waals surface area contributed by atoms with Gasteiger partial charge in [-0.1, -0.05) is 29.8 Å². The molecule has 0 radical (unpaired) electrons. The van der Waals surface area contributed by atoms with Crippen molar-refractivity contribution < 1.29 is 19.0 Å². The fourth-order valence-corrected chi connectivity index (χ4v) is 4.06. The Morgan fingerprint density at radius 1 is 0.879 bits per heavy atom. The molecular formula is C24H25ClN4O4. The van der Waals surface area contributed by atoms with Gasteiger partial charge in [-0.3, -0.25) is 4.79 Å². The van der Waals surface area contributed by atoms with Gasteiger partial charge in [0.1, 0.15) is 0 Å². The Bertz CT molecular complexity index is 1110. The topological polar surface area (TPSA) is 77.0 Å². The summed E-state index contributed by atoms with van der Waals surface area (Å²) in [5.41, 5.74) is 2.06. The number of amides is 1. The molecule has 1 amide bonds. The van der Waals surface area contributed by atoms with Gasteiger partial charge in [-0.25, -0.2) is 0 Å². The molecular weight excluding hydrogens is 444 g/mol. The molecule has 0 bridgehead atoms. The number of nitrogens with zero attached hydrogens (tertiary/aromatic N) is 4. The molecule has 8 nitrogen and oxygen atoms in total. The number of piperazine rings is 1. The van der Waals surface area contributed by atoms with Crippen molar-refractivity contribution in [3.05, 3.63) is 59.1 Å². The smallest absolute Gasteiger partial charge is 0.254 e. The maximum absolute atomic E-state index is 13.1. The summed E-state index contributed by atoms with van der Waals surface area (Å²) in [5, 5.41) is 9.36. The molecule has 3 aromatic rings. The largest absolute Gasteiger partial charge is 0.493 e. The number of ether oxygens (including phenoxy) is 3. The second-order valence-corrected chi connectivity index (χ2v) is 7.86. The summed E-state index contributed by atoms with van der Waals surface area (Å²) in [7, 11) is 4.59. The van der Waals surface area contributed by atoms with E-state index in [0.717, 1.165) is 17.1 Å². The van der Waals surface area contributed by atoms with Crippen LogP contribution >= 0.6 is 11.6 Å². The highest BCUT2D eigenvalue weighted by molar-refractivity contribution is 6.33. The first-order chi connectivity index (χ1) is 16.0. The number of hydrogen-bond donors (Lipinski definition) is 0. The van der Waals surface area contributed by atoms with E-state index in [2.05, 4.69) is 15.1 Å². The number of rotatable bonds is 6. The van der Waals surface area contributed by atoms with Crippen LogP contribution in [0.2, 0.25) is 5.02 Å². The lowest BCUT2D eigenvalue weighted by Crippen LogP contribution is -2.49. The van der Waals surface area contributed by atoms with Crippen molar-refractivity contribution in [2.24, 2.45) is 0 Å². The van der Waals surface area contributed by atoms with Gasteiger partial charge in [-0.05, 0) is 30.3 Å². The molecule has 0 N–H and O–H groups in total. The van der Waals surface area contributed by atoms with Crippen LogP contribution in [-0.2, 0) is 0 Å². The molecule has 1 aliphatic heterocycles. The van der Waals surface area contributed by atoms with Gasteiger partial charge in [-0.2, -0.15) is 0 Å². The van der Waals surface area contributed by atoms with Gasteiger partial charge in [0.2, 0.25) is 5.75 Å². The predicted molar refractivity (Wildman–Crippen MR) is 127 cm³/mol. The minimum atomic E-state index is -0.0888. The van der Waals surface area contributed by atoms with Crippen molar-refractivity contribution in [2.45, 2.75) is 0 Å². The minimum Gasteiger partial charge on any atom is -0.493 e. The van der Waals surface area contributed by atoms with Crippen molar-refractivity contribution in [3.63, 3.8) is 0 Å². The summed E-state index contributed by atoms with van der Waals surface area (Å²) in [5.74, 6) is 2.04. The van der Waals surface area contributed by atoms with Crippen molar-refractivity contribution >= 4 is 23.3 Å². The second-order valence-electron chi connectivity index (χ2n) is 7.45. The van der Waals surface area contributed by atoms with Gasteiger partial charge in [0, 0.05) is 37.3 Å². The van der Waals surface area contributed by atoms with E-state index in [0.29, 0.717) is 54.0 Å². The maximum atomic E-state index is 13.1. The van der Waals surface area contributed by atoms with Gasteiger partial charge in [0.25, 0.3) is 5.91 Å². The molecule has 4 rings (SSSR count). The highest BCUT2D eigenvalue weighted by atomic mass is 35.5. The Balaban J connectivity index is 1.44. The zero-order chi connectivity index (χ0) is 23.4. The van der Waals surface area contributed by atoms with E-state index in [-0.39, 0.29) is 5.91 Å². The normalized spacial score (nSPS) is 13.6. The van der Waals surface area contributed by atoms with Crippen molar-refractivity contribution in [3.8, 4) is 28.5 Å². The molecule has 1 fully saturated rings. The monoisotopic (exact) mass is 468 g/mol. The van der Waals surface area contributed by atoms with Crippen LogP contribution in [0.1, 0.15) is 10.4 Å². The number of hydrogen-bond acceptors (Lipinski definition) is 7. The first-order valence-corrected chi connectivity index (χ1v) is 10.9. The van der Waals surface area contributed by atoms with E-state index in [1.807, 2.05) is 41.3 Å². The van der Waals surface area contributed by atoms with Crippen LogP contribution in [0.3, 0.4) is 0 Å². The fourth-order valence-electron chi connectivity index (χ4n) is 3.83. The minimum absolute atomic E-state index is 0.0888. The number of aromatic nitrogens is 2. The number of benzene rings is 2. The molecule has 9 heteroatoms. The maximum Gasteiger partial charge on any atom is 0.254 e. The zero-order valence-corrected chi connectivity index (χ0v) is 19.5. The summed E-state index contributed by atoms with van der Waals surface area (Å²) in [6, 6.07) is 14.7. The average molecular weight is 469 g/mol. The molecule has 172 valence electrons. The van der Waals surface area contributed by atoms with E-state index >= 15 is 0 Å². The highest BCUT2D eigenvalue weighted by Gasteiger charge is 2.25. The van der Waals surface area contributed by atoms with Crippen LogP contribution in [0.5, 0.6) is 17.2 Å². The quantitative estimate of drug-likeness (QED) is 0.544. The Hall–Kier alpha value is -3.52. The standard InChI is InChI=1S/C24H25ClN4O4/c1-31-20-14-16(15-21(32-2)23(20)33-3)24(30)29-12-10-28(11-13-29)22-9-8-19(26-27-22)17-6-4-5-7-18(17)25/h4-9,14-15H,10-13H2,1-3H3. The number of anilines is 1. The molecule has 0 atom stereocenters. The summed E-state index contributed by atoms with van der Waals surface area (Å²) in [6.07, 6.45) is 0. The van der Waals surface area contributed by atoms with Crippen LogP contribution in [0, 0.1) is 0 Å². The first-order valence-electron chi connectivity index (χ1n) is 10.5. The molecule has 1 saturated heterocycles. The molecule has 2 heterocycles. The summed E-state index contributed by atoms with van der Waals surface area (Å²) >= 11 is 6.26. The van der Waals surface area contributed by atoms with E-state index in [9.17, 15) is 4.79 Å². The van der Waals surface area contributed by atoms with Crippen LogP contribution in [-0.4, -0.2) is 68.5 Å². The first kappa shape index (κ1) is 22.7. The van der Waals surface area contributed by atoms with Crippen molar-refractivity contribution in [2.75, 3.05) is 52.4 Å². The van der Waals surface area contributed by atoms with Crippen LogP contribution in [0.25, 0.3) is 11.3 Å². The third kappa shape index (κ3) is 4.66. The van der Waals surface area contributed by atoms with Crippen LogP contribution in [0.4, 0.5) is 5.82 Å². The summed E-state index contributed by atoms with van der Waals surface area (Å²) < 4.78 is 16.1. The predicted octanol–water partition coefficient (Wildman–Crippen LogP) is 3.79. The summed E-state index contributed by atoms with van der Waals surface area (Å²) in [6.45, 7) is 2.42. The second kappa shape index (κ2) is 9.95. The molecule has 0 saturated carbocycles. The Kier molecular flexibility index (Phi) is 6.84. The lowest BCUT2D eigenvalue weighted by Gasteiger charge is -2.35. The van der Waals surface area contributed by atoms with Crippen molar-refractivity contribution in [1.82, 2.24) is 15.1 Å². The Morgan fingerprint density at radius 3 is 2.09 bits per heavy atom. The molecule has 33 heavy (non-hydrogen) atoms. The fraction of sp³-hybridized carbons (Fsp3) is 0.292. The highest BCUT2D eigenvalue weighted by Crippen LogP contribution is 2.38. The molecule has 0 spiro atoms. The third-order valence-electron chi connectivity index (χ3n) is 5.60. The zero-order valence-electron chi connectivity index (χ0n) is 18.7. The van der Waals surface area contributed by atoms with E-state index < -0.39 is 0 Å². The number of carbonyl (C=O) groups is 1. The van der Waals surface area contributed by atoms with Gasteiger partial charge < -0.3 is 24.0 Å². The van der Waals surface area contributed by atoms with Gasteiger partial charge >= 0.3 is 0 Å². The van der Waals surface area contributed by atoms with Crippen molar-refractivity contribution in [1.29, 1.82) is 0 Å². The van der Waals surface area contributed by atoms with E-state index in [4.69, 9.17) is 25.8 Å². The molecule has 0 unspecified atom stereocenters.